The molecule has 0 aliphatic carbocycles. The number of ether oxygens (including phenoxy) is 1. The number of nitrogens with zero attached hydrogens (tertiary/aromatic N) is 4. The number of nitrogens with one attached hydrogen (secondary N) is 1. The van der Waals surface area contributed by atoms with E-state index in [9.17, 15) is 9.90 Å². The number of imidazole rings is 1. The number of fused-ring (bicyclic) bond motifs is 2. The highest BCUT2D eigenvalue weighted by molar-refractivity contribution is 6.84. The summed E-state index contributed by atoms with van der Waals surface area (Å²) in [6.07, 6.45) is -0.125. The number of rotatable bonds is 7. The molecule has 3 aromatic rings. The summed E-state index contributed by atoms with van der Waals surface area (Å²) in [6.45, 7) is 17.5. The molecule has 2 fully saturated rings. The molecule has 2 N–H and O–H groups in total. The average molecular weight is 614 g/mol. The molecule has 0 spiro atoms. The minimum absolute atomic E-state index is 0.119. The van der Waals surface area contributed by atoms with Gasteiger partial charge < -0.3 is 28.1 Å². The van der Waals surface area contributed by atoms with Crippen molar-refractivity contribution in [2.45, 2.75) is 102 Å². The maximum atomic E-state index is 12.8. The van der Waals surface area contributed by atoms with Crippen LogP contribution in [0.1, 0.15) is 72.0 Å². The molecule has 1 aromatic carbocycles. The van der Waals surface area contributed by atoms with Crippen LogP contribution in [0.5, 0.6) is 0 Å². The molecule has 2 saturated heterocycles. The third kappa shape index (κ3) is 5.25. The van der Waals surface area contributed by atoms with Crippen molar-refractivity contribution < 1.29 is 27.6 Å². The van der Waals surface area contributed by atoms with Crippen LogP contribution in [0.4, 0.5) is 5.82 Å². The molecule has 4 heterocycles. The van der Waals surface area contributed by atoms with E-state index in [0.29, 0.717) is 16.7 Å². The van der Waals surface area contributed by atoms with E-state index in [-0.39, 0.29) is 40.5 Å². The molecule has 42 heavy (non-hydrogen) atoms. The highest BCUT2D eigenvalue weighted by Crippen LogP contribution is 2.48. The predicted molar refractivity (Wildman–Crippen MR) is 163 cm³/mol. The van der Waals surface area contributed by atoms with E-state index in [2.05, 4.69) is 75.7 Å². The summed E-state index contributed by atoms with van der Waals surface area (Å²) in [5.41, 5.74) is 1.95. The van der Waals surface area contributed by atoms with E-state index in [1.165, 1.54) is 6.33 Å². The van der Waals surface area contributed by atoms with Crippen LogP contribution in [0, 0.1) is 0 Å². The largest absolute Gasteiger partial charge is 0.414 e. The van der Waals surface area contributed by atoms with Gasteiger partial charge in [-0.1, -0.05) is 73.6 Å². The van der Waals surface area contributed by atoms with Gasteiger partial charge in [-0.2, -0.15) is 0 Å². The second-order valence-electron chi connectivity index (χ2n) is 12.5. The van der Waals surface area contributed by atoms with Crippen molar-refractivity contribution in [3.05, 3.63) is 48.5 Å². The molecule has 2 aromatic heterocycles. The monoisotopic (exact) mass is 613 g/mol. The maximum absolute atomic E-state index is 12.8. The quantitative estimate of drug-likeness (QED) is 0.341. The fourth-order valence-electron chi connectivity index (χ4n) is 6.27. The first-order chi connectivity index (χ1) is 19.9. The fourth-order valence-corrected chi connectivity index (χ4v) is 17.5. The number of hydrogen-bond acceptors (Lipinski definition) is 9. The number of aromatic nitrogens is 4. The normalized spacial score (nSPS) is 25.6. The van der Waals surface area contributed by atoms with E-state index < -0.39 is 41.7 Å². The number of aliphatic hydroxyl groups is 1. The van der Waals surface area contributed by atoms with E-state index in [0.717, 1.165) is 0 Å². The van der Waals surface area contributed by atoms with Crippen molar-refractivity contribution in [1.29, 1.82) is 0 Å². The summed E-state index contributed by atoms with van der Waals surface area (Å²) in [5, 5.41) is 14.6. The van der Waals surface area contributed by atoms with E-state index in [1.54, 1.807) is 35.2 Å². The van der Waals surface area contributed by atoms with Gasteiger partial charge in [-0.25, -0.2) is 15.0 Å². The molecule has 0 saturated carbocycles. The summed E-state index contributed by atoms with van der Waals surface area (Å²) in [4.78, 5) is 26.0. The molecule has 228 valence electrons. The van der Waals surface area contributed by atoms with Crippen molar-refractivity contribution in [3.8, 4) is 0 Å². The summed E-state index contributed by atoms with van der Waals surface area (Å²) < 4.78 is 29.3. The molecule has 2 aliphatic heterocycles. The highest BCUT2D eigenvalue weighted by Gasteiger charge is 2.61. The van der Waals surface area contributed by atoms with Crippen molar-refractivity contribution in [2.24, 2.45) is 0 Å². The summed E-state index contributed by atoms with van der Waals surface area (Å²) in [5.74, 6) is -0.0345. The Morgan fingerprint density at radius 2 is 1.60 bits per heavy atom. The maximum Gasteiger partial charge on any atom is 0.335 e. The van der Waals surface area contributed by atoms with E-state index in [4.69, 9.17) is 17.7 Å². The van der Waals surface area contributed by atoms with Crippen LogP contribution in [0.25, 0.3) is 11.2 Å². The lowest BCUT2D eigenvalue weighted by Crippen LogP contribution is -2.65. The second kappa shape index (κ2) is 11.9. The van der Waals surface area contributed by atoms with Crippen LogP contribution in [-0.4, -0.2) is 72.6 Å². The van der Waals surface area contributed by atoms with Gasteiger partial charge in [0.15, 0.2) is 23.2 Å². The average Bonchev–Trinajstić information content (AvgIpc) is 3.49. The molecule has 0 radical (unpaired) electrons. The SMILES string of the molecule is CC(C)[Si]1(C(C)C)OCC2O[C@@H](n3cnc4c(NC(=O)c5ccccc5)ncnc43)[C@H](O)[C@@H]2O[Si](C(C)C)(C(C)C)O1. The number of aliphatic hydroxyl groups excluding tert-OH is 1. The highest BCUT2D eigenvalue weighted by atomic mass is 28.5. The number of benzene rings is 1. The molecular weight excluding hydrogens is 571 g/mol. The van der Waals surface area contributed by atoms with Gasteiger partial charge in [0.1, 0.15) is 24.6 Å². The fraction of sp³-hybridized carbons (Fsp3) is 0.586. The molecule has 13 heteroatoms. The van der Waals surface area contributed by atoms with Crippen molar-refractivity contribution in [2.75, 3.05) is 11.9 Å². The van der Waals surface area contributed by atoms with Gasteiger partial charge in [0.25, 0.3) is 5.91 Å². The van der Waals surface area contributed by atoms with Gasteiger partial charge in [-0.05, 0) is 34.3 Å². The molecule has 1 unspecified atom stereocenters. The lowest BCUT2D eigenvalue weighted by atomic mass is 10.1. The molecule has 11 nitrogen and oxygen atoms in total. The number of amides is 1. The van der Waals surface area contributed by atoms with Crippen molar-refractivity contribution >= 4 is 40.0 Å². The van der Waals surface area contributed by atoms with Crippen molar-refractivity contribution in [3.63, 3.8) is 0 Å². The topological polar surface area (TPSA) is 130 Å². The van der Waals surface area contributed by atoms with Crippen LogP contribution in [-0.2, 0) is 17.7 Å². The zero-order chi connectivity index (χ0) is 30.4. The van der Waals surface area contributed by atoms with Gasteiger partial charge in [0.2, 0.25) is 0 Å². The summed E-state index contributed by atoms with van der Waals surface area (Å²) >= 11 is 0. The summed E-state index contributed by atoms with van der Waals surface area (Å²) in [6, 6.07) is 8.88. The van der Waals surface area contributed by atoms with Crippen LogP contribution >= 0.6 is 0 Å². The minimum Gasteiger partial charge on any atom is -0.414 e. The number of carbonyl (C=O) groups is 1. The van der Waals surface area contributed by atoms with E-state index >= 15 is 0 Å². The summed E-state index contributed by atoms with van der Waals surface area (Å²) in [7, 11) is -5.69. The van der Waals surface area contributed by atoms with Crippen LogP contribution < -0.4 is 5.32 Å². The first-order valence-electron chi connectivity index (χ1n) is 14.8. The van der Waals surface area contributed by atoms with Gasteiger partial charge in [-0.15, -0.1) is 0 Å². The second-order valence-corrected chi connectivity index (χ2v) is 21.3. The molecule has 4 atom stereocenters. The van der Waals surface area contributed by atoms with Gasteiger partial charge >= 0.3 is 17.1 Å². The Balaban J connectivity index is 1.49. The Morgan fingerprint density at radius 1 is 0.952 bits per heavy atom. The lowest BCUT2D eigenvalue weighted by Gasteiger charge is -2.51. The van der Waals surface area contributed by atoms with Crippen LogP contribution in [0.2, 0.25) is 22.2 Å². The molecule has 1 amide bonds. The standard InChI is InChI=1S/C29H43N5O6Si2/c1-17(2)41(18(3)4)37-14-22-25(39-42(40-41,19(5)6)20(7)8)24(35)29(38-22)34-16-32-23-26(30-15-31-27(23)34)33-28(36)21-12-10-9-11-13-21/h9-13,15-20,22,24-25,29,35H,14H2,1-8H3,(H,30,31,33,36)/t22?,24-,25-,29-/m1/s1. The van der Waals surface area contributed by atoms with Gasteiger partial charge in [0.05, 0.1) is 12.9 Å². The third-order valence-electron chi connectivity index (χ3n) is 8.54. The Hall–Kier alpha value is -2.53. The number of carbonyl (C=O) groups excluding carboxylic acids is 1. The van der Waals surface area contributed by atoms with Crippen molar-refractivity contribution in [1.82, 2.24) is 19.5 Å². The Bertz CT molecular complexity index is 1390. The molecule has 2 aliphatic rings. The van der Waals surface area contributed by atoms with Crippen LogP contribution in [0.3, 0.4) is 0 Å². The smallest absolute Gasteiger partial charge is 0.335 e. The number of anilines is 1. The van der Waals surface area contributed by atoms with Crippen LogP contribution in [0.15, 0.2) is 43.0 Å². The first kappa shape index (κ1) is 30.9. The first-order valence-corrected chi connectivity index (χ1v) is 18.7. The number of hydrogen-bond donors (Lipinski definition) is 2. The zero-order valence-corrected chi connectivity index (χ0v) is 27.6. The minimum atomic E-state index is -2.94. The zero-order valence-electron chi connectivity index (χ0n) is 25.6. The lowest BCUT2D eigenvalue weighted by molar-refractivity contribution is -0.0570. The van der Waals surface area contributed by atoms with Gasteiger partial charge in [-0.3, -0.25) is 9.36 Å². The Kier molecular flexibility index (Phi) is 8.74. The van der Waals surface area contributed by atoms with E-state index in [1.807, 2.05) is 6.07 Å². The Labute approximate surface area is 249 Å². The Morgan fingerprint density at radius 3 is 2.21 bits per heavy atom. The molecular formula is C29H43N5O6Si2. The predicted octanol–water partition coefficient (Wildman–Crippen LogP) is 5.29. The molecule has 0 bridgehead atoms. The molecule has 5 rings (SSSR count). The van der Waals surface area contributed by atoms with Gasteiger partial charge in [0, 0.05) is 5.56 Å². The third-order valence-corrected chi connectivity index (χ3v) is 18.8.